The second-order valence-electron chi connectivity index (χ2n) is 13.4. The molecule has 0 bridgehead atoms. The van der Waals surface area contributed by atoms with Gasteiger partial charge in [-0.3, -0.25) is 0 Å². The fraction of sp³-hybridized carbons (Fsp3) is 0.545. The van der Waals surface area contributed by atoms with Crippen molar-refractivity contribution < 1.29 is 0 Å². The minimum Gasteiger partial charge on any atom is -0.134 e. The summed E-state index contributed by atoms with van der Waals surface area (Å²) >= 11 is 7.40. The Hall–Kier alpha value is -2.08. The number of unbranched alkanes of at least 4 members (excludes halogenated alkanes) is 18. The molecule has 0 radical (unpaired) electrons. The Labute approximate surface area is 309 Å². The van der Waals surface area contributed by atoms with Gasteiger partial charge in [-0.15, -0.1) is 58.2 Å². The van der Waals surface area contributed by atoms with Crippen LogP contribution in [0.15, 0.2) is 36.4 Å². The van der Waals surface area contributed by atoms with Gasteiger partial charge < -0.3 is 0 Å². The van der Waals surface area contributed by atoms with E-state index in [9.17, 15) is 0 Å². The molecular weight excluding hydrogens is 657 g/mol. The molecule has 0 fully saturated rings. The van der Waals surface area contributed by atoms with Crippen molar-refractivity contribution >= 4 is 45.3 Å². The van der Waals surface area contributed by atoms with Crippen molar-refractivity contribution in [2.45, 2.75) is 155 Å². The fourth-order valence-corrected chi connectivity index (χ4v) is 11.0. The fourth-order valence-electron chi connectivity index (χ4n) is 6.58. The lowest BCUT2D eigenvalue weighted by atomic mass is 10.0. The van der Waals surface area contributed by atoms with Gasteiger partial charge in [-0.2, -0.15) is 0 Å². The van der Waals surface area contributed by atoms with Crippen LogP contribution in [0.4, 0.5) is 0 Å². The highest BCUT2D eigenvalue weighted by molar-refractivity contribution is 7.28. The zero-order valence-corrected chi connectivity index (χ0v) is 33.1. The molecule has 4 rings (SSSR count). The summed E-state index contributed by atoms with van der Waals surface area (Å²) in [6.07, 6.45) is 41.3. The third-order valence-corrected chi connectivity index (χ3v) is 14.3. The quantitative estimate of drug-likeness (QED) is 0.0473. The van der Waals surface area contributed by atoms with Crippen LogP contribution < -0.4 is 0 Å². The van der Waals surface area contributed by atoms with Crippen molar-refractivity contribution in [3.63, 3.8) is 0 Å². The molecule has 4 heteroatoms. The summed E-state index contributed by atoms with van der Waals surface area (Å²) < 4.78 is 0. The first-order valence-electron chi connectivity index (χ1n) is 19.1. The first-order valence-corrected chi connectivity index (χ1v) is 22.3. The normalized spacial score (nSPS) is 11.2. The van der Waals surface area contributed by atoms with Crippen LogP contribution in [0.1, 0.15) is 163 Å². The summed E-state index contributed by atoms with van der Waals surface area (Å²) in [5, 5.41) is 0. The van der Waals surface area contributed by atoms with Gasteiger partial charge in [-0.05, 0) is 73.2 Å². The number of rotatable bonds is 25. The Kier molecular flexibility index (Phi) is 18.2. The molecule has 258 valence electrons. The van der Waals surface area contributed by atoms with E-state index in [1.54, 1.807) is 22.7 Å². The molecule has 0 aliphatic carbocycles. The average molecular weight is 715 g/mol. The van der Waals surface area contributed by atoms with Crippen LogP contribution in [0.25, 0.3) is 29.3 Å². The molecule has 0 N–H and O–H groups in total. The second-order valence-corrected chi connectivity index (χ2v) is 17.7. The number of aryl methyl sites for hydroxylation is 2. The Bertz CT molecular complexity index is 1420. The minimum absolute atomic E-state index is 1.05. The van der Waals surface area contributed by atoms with Gasteiger partial charge in [0.25, 0.3) is 0 Å². The molecule has 0 amide bonds. The molecular formula is C44H58S4. The number of hydrogen-bond donors (Lipinski definition) is 0. The van der Waals surface area contributed by atoms with Crippen LogP contribution in [0.5, 0.6) is 0 Å². The predicted molar refractivity (Wildman–Crippen MR) is 221 cm³/mol. The van der Waals surface area contributed by atoms with E-state index in [1.807, 2.05) is 22.7 Å². The van der Waals surface area contributed by atoms with E-state index >= 15 is 0 Å². The van der Waals surface area contributed by atoms with Crippen molar-refractivity contribution in [2.75, 3.05) is 0 Å². The molecule has 0 aromatic carbocycles. The zero-order chi connectivity index (χ0) is 33.8. The minimum atomic E-state index is 1.05. The molecule has 4 aromatic rings. The molecule has 4 heterocycles. The lowest BCUT2D eigenvalue weighted by molar-refractivity contribution is 0.556. The van der Waals surface area contributed by atoms with Crippen molar-refractivity contribution in [1.29, 1.82) is 0 Å². The molecule has 0 aliphatic rings. The summed E-state index contributed by atoms with van der Waals surface area (Å²) in [6.45, 7) is 4.58. The molecule has 48 heavy (non-hydrogen) atoms. The summed E-state index contributed by atoms with van der Waals surface area (Å²) in [5.41, 5.74) is 2.87. The maximum atomic E-state index is 5.87. The van der Waals surface area contributed by atoms with E-state index in [-0.39, 0.29) is 0 Å². The topological polar surface area (TPSA) is 0 Å². The highest BCUT2D eigenvalue weighted by Crippen LogP contribution is 2.45. The Balaban J connectivity index is 1.30. The summed E-state index contributed by atoms with van der Waals surface area (Å²) in [7, 11) is 0. The van der Waals surface area contributed by atoms with E-state index < -0.39 is 0 Å². The van der Waals surface area contributed by atoms with Crippen LogP contribution in [-0.4, -0.2) is 0 Å². The lowest BCUT2D eigenvalue weighted by Gasteiger charge is -2.04. The van der Waals surface area contributed by atoms with E-state index in [2.05, 4.69) is 62.1 Å². The molecule has 0 saturated heterocycles. The largest absolute Gasteiger partial charge is 0.134 e. The third kappa shape index (κ3) is 12.7. The molecule has 0 saturated carbocycles. The molecule has 0 nitrogen and oxygen atoms in total. The van der Waals surface area contributed by atoms with Gasteiger partial charge in [0.1, 0.15) is 0 Å². The number of terminal acetylenes is 2. The summed E-state index contributed by atoms with van der Waals surface area (Å²) in [4.78, 5) is 10.2. The maximum Gasteiger partial charge on any atom is 0.0775 e. The zero-order valence-electron chi connectivity index (χ0n) is 29.8. The molecule has 0 spiro atoms. The van der Waals surface area contributed by atoms with Crippen LogP contribution in [0, 0.1) is 24.7 Å². The summed E-state index contributed by atoms with van der Waals surface area (Å²) in [5.74, 6) is 5.83. The van der Waals surface area contributed by atoms with Crippen molar-refractivity contribution in [3.8, 4) is 54.0 Å². The molecule has 0 unspecified atom stereocenters. The highest BCUT2D eigenvalue weighted by Gasteiger charge is 2.17. The first-order chi connectivity index (χ1) is 23.7. The Morgan fingerprint density at radius 3 is 1.06 bits per heavy atom. The van der Waals surface area contributed by atoms with E-state index in [0.29, 0.717) is 0 Å². The van der Waals surface area contributed by atoms with Crippen LogP contribution >= 0.6 is 45.3 Å². The van der Waals surface area contributed by atoms with Crippen LogP contribution in [-0.2, 0) is 12.8 Å². The summed E-state index contributed by atoms with van der Waals surface area (Å²) in [6, 6.07) is 13.8. The predicted octanol–water partition coefficient (Wildman–Crippen LogP) is 15.8. The first kappa shape index (κ1) is 38.7. The van der Waals surface area contributed by atoms with Gasteiger partial charge in [0, 0.05) is 29.3 Å². The average Bonchev–Trinajstić information content (AvgIpc) is 3.92. The Morgan fingerprint density at radius 1 is 0.417 bits per heavy atom. The van der Waals surface area contributed by atoms with Gasteiger partial charge in [0.05, 0.1) is 9.75 Å². The monoisotopic (exact) mass is 714 g/mol. The third-order valence-electron chi connectivity index (χ3n) is 9.40. The van der Waals surface area contributed by atoms with Gasteiger partial charge in [-0.1, -0.05) is 141 Å². The van der Waals surface area contributed by atoms with E-state index in [4.69, 9.17) is 12.8 Å². The van der Waals surface area contributed by atoms with Crippen molar-refractivity contribution in [1.82, 2.24) is 0 Å². The van der Waals surface area contributed by atoms with Gasteiger partial charge in [0.15, 0.2) is 0 Å². The van der Waals surface area contributed by atoms with Crippen molar-refractivity contribution in [2.24, 2.45) is 0 Å². The Morgan fingerprint density at radius 2 is 0.729 bits per heavy atom. The van der Waals surface area contributed by atoms with Gasteiger partial charge >= 0.3 is 0 Å². The van der Waals surface area contributed by atoms with Gasteiger partial charge in [-0.25, -0.2) is 0 Å². The van der Waals surface area contributed by atoms with Crippen molar-refractivity contribution in [3.05, 3.63) is 57.3 Å². The molecule has 0 aliphatic heterocycles. The molecule has 4 aromatic heterocycles. The van der Waals surface area contributed by atoms with Crippen LogP contribution in [0.3, 0.4) is 0 Å². The van der Waals surface area contributed by atoms with E-state index in [1.165, 1.54) is 169 Å². The lowest BCUT2D eigenvalue weighted by Crippen LogP contribution is -1.86. The highest BCUT2D eigenvalue weighted by atomic mass is 32.1. The standard InChI is InChI=1S/C44H58S4/c1-5-9-11-13-15-17-19-21-23-25-27-35-33-37(7-3)45-43(35)41-31-29-39(47-41)40-30-32-42(48-40)44-36(34-38(8-4)46-44)28-26-24-22-20-18-16-14-12-10-6-2/h3-4,29-34H,5-6,9-28H2,1-2H3. The van der Waals surface area contributed by atoms with Gasteiger partial charge in [0.2, 0.25) is 0 Å². The molecule has 0 atom stereocenters. The second kappa shape index (κ2) is 22.6. The number of thiophene rings is 4. The number of hydrogen-bond acceptors (Lipinski definition) is 4. The van der Waals surface area contributed by atoms with E-state index in [0.717, 1.165) is 22.6 Å². The van der Waals surface area contributed by atoms with Crippen LogP contribution in [0.2, 0.25) is 0 Å². The maximum absolute atomic E-state index is 5.87. The SMILES string of the molecule is C#Cc1cc(CCCCCCCCCCCC)c(-c2ccc(-c3ccc(-c4sc(C#C)cc4CCCCCCCCCCCC)s3)s2)s1. The smallest absolute Gasteiger partial charge is 0.0775 e.